The molecule has 1 unspecified atom stereocenters. The van der Waals surface area contributed by atoms with Crippen LogP contribution in [0, 0.1) is 0 Å². The van der Waals surface area contributed by atoms with Gasteiger partial charge in [-0.25, -0.2) is 0 Å². The first kappa shape index (κ1) is 18.9. The highest BCUT2D eigenvalue weighted by Gasteiger charge is 2.36. The normalized spacial score (nSPS) is 16.4. The van der Waals surface area contributed by atoms with Crippen molar-refractivity contribution in [3.05, 3.63) is 76.1 Å². The first-order chi connectivity index (χ1) is 13.9. The van der Waals surface area contributed by atoms with Crippen LogP contribution in [-0.2, 0) is 11.2 Å². The third kappa shape index (κ3) is 3.79. The first-order valence-corrected chi connectivity index (χ1v) is 9.72. The number of hydrogen-bond acceptors (Lipinski definition) is 6. The lowest BCUT2D eigenvalue weighted by atomic mass is 10.1. The Hall–Kier alpha value is -3.39. The molecule has 8 heteroatoms. The molecule has 0 spiro atoms. The molecule has 7 nitrogen and oxygen atoms in total. The molecule has 1 fully saturated rings. The second-order valence-corrected chi connectivity index (χ2v) is 7.75. The van der Waals surface area contributed by atoms with Gasteiger partial charge in [0.1, 0.15) is 5.58 Å². The summed E-state index contributed by atoms with van der Waals surface area (Å²) in [6, 6.07) is 14.8. The Labute approximate surface area is 169 Å². The van der Waals surface area contributed by atoms with Crippen molar-refractivity contribution in [3.8, 4) is 0 Å². The molecule has 1 aromatic heterocycles. The molecule has 2 heterocycles. The lowest BCUT2D eigenvalue weighted by Gasteiger charge is -2.09. The van der Waals surface area contributed by atoms with Gasteiger partial charge >= 0.3 is 0 Å². The third-order valence-corrected chi connectivity index (χ3v) is 5.74. The van der Waals surface area contributed by atoms with E-state index in [9.17, 15) is 19.2 Å². The maximum absolute atomic E-state index is 12.5. The number of benzene rings is 2. The average molecular weight is 408 g/mol. The molecule has 3 amide bonds. The van der Waals surface area contributed by atoms with E-state index >= 15 is 0 Å². The number of imide groups is 1. The van der Waals surface area contributed by atoms with Gasteiger partial charge in [-0.05, 0) is 36.2 Å². The van der Waals surface area contributed by atoms with Crippen LogP contribution in [0.5, 0.6) is 0 Å². The van der Waals surface area contributed by atoms with E-state index in [1.54, 1.807) is 48.5 Å². The Kier molecular flexibility index (Phi) is 4.94. The van der Waals surface area contributed by atoms with E-state index in [2.05, 4.69) is 5.32 Å². The number of para-hydroxylation sites is 1. The van der Waals surface area contributed by atoms with E-state index in [0.717, 1.165) is 22.2 Å². The van der Waals surface area contributed by atoms with Gasteiger partial charge in [0.05, 0.1) is 10.6 Å². The Bertz CT molecular complexity index is 1190. The molecule has 0 radical (unpaired) electrons. The van der Waals surface area contributed by atoms with Crippen LogP contribution in [0.2, 0.25) is 0 Å². The number of anilines is 1. The summed E-state index contributed by atoms with van der Waals surface area (Å²) in [5.74, 6) is -0.814. The predicted octanol–water partition coefficient (Wildman–Crippen LogP) is 3.28. The number of thioether (sulfide) groups is 1. The largest absolute Gasteiger partial charge is 0.451 e. The maximum atomic E-state index is 12.5. The topological polar surface area (TPSA) is 96.7 Å². The highest BCUT2D eigenvalue weighted by Crippen LogP contribution is 2.28. The number of amides is 3. The van der Waals surface area contributed by atoms with Crippen LogP contribution in [0.1, 0.15) is 16.1 Å². The standard InChI is InChI=1S/C21H16N2O5S/c1-23-20(26)18(29-21(23)27)10-12-6-8-13(9-7-12)22-19(25)17-11-15(24)14-4-2-3-5-16(14)28-17/h2-9,11,18H,10H2,1H3,(H,22,25). The van der Waals surface area contributed by atoms with Crippen molar-refractivity contribution >= 4 is 45.5 Å². The fraction of sp³-hybridized carbons (Fsp3) is 0.143. The highest BCUT2D eigenvalue weighted by atomic mass is 32.2. The SMILES string of the molecule is CN1C(=O)SC(Cc2ccc(NC(=O)c3cc(=O)c4ccccc4o3)cc2)C1=O. The van der Waals surface area contributed by atoms with Crippen LogP contribution in [0.3, 0.4) is 0 Å². The van der Waals surface area contributed by atoms with Crippen molar-refractivity contribution in [2.24, 2.45) is 0 Å². The zero-order valence-electron chi connectivity index (χ0n) is 15.4. The molecule has 0 saturated carbocycles. The Morgan fingerprint density at radius 2 is 1.83 bits per heavy atom. The number of hydrogen-bond donors (Lipinski definition) is 1. The smallest absolute Gasteiger partial charge is 0.291 e. The summed E-state index contributed by atoms with van der Waals surface area (Å²) >= 11 is 1.02. The Morgan fingerprint density at radius 3 is 2.52 bits per heavy atom. The summed E-state index contributed by atoms with van der Waals surface area (Å²) in [6.45, 7) is 0. The van der Waals surface area contributed by atoms with E-state index in [1.807, 2.05) is 0 Å². The van der Waals surface area contributed by atoms with Crippen LogP contribution >= 0.6 is 11.8 Å². The molecule has 1 atom stereocenters. The molecule has 0 bridgehead atoms. The highest BCUT2D eigenvalue weighted by molar-refractivity contribution is 8.15. The molecule has 1 saturated heterocycles. The Balaban J connectivity index is 1.46. The number of nitrogens with zero attached hydrogens (tertiary/aromatic N) is 1. The second kappa shape index (κ2) is 7.56. The average Bonchev–Trinajstić information content (AvgIpc) is 2.96. The van der Waals surface area contributed by atoms with Gasteiger partial charge in [0.2, 0.25) is 5.91 Å². The lowest BCUT2D eigenvalue weighted by molar-refractivity contribution is -0.125. The number of fused-ring (bicyclic) bond motifs is 1. The van der Waals surface area contributed by atoms with Crippen molar-refractivity contribution in [1.29, 1.82) is 0 Å². The van der Waals surface area contributed by atoms with Gasteiger partial charge in [0, 0.05) is 18.8 Å². The Morgan fingerprint density at radius 1 is 1.10 bits per heavy atom. The number of nitrogens with one attached hydrogen (secondary N) is 1. The van der Waals surface area contributed by atoms with E-state index in [-0.39, 0.29) is 22.3 Å². The summed E-state index contributed by atoms with van der Waals surface area (Å²) in [5.41, 5.74) is 1.45. The second-order valence-electron chi connectivity index (χ2n) is 6.60. The molecule has 0 aliphatic carbocycles. The summed E-state index contributed by atoms with van der Waals surface area (Å²) < 4.78 is 5.53. The van der Waals surface area contributed by atoms with Gasteiger partial charge in [0.15, 0.2) is 11.2 Å². The van der Waals surface area contributed by atoms with Crippen molar-refractivity contribution in [2.45, 2.75) is 11.7 Å². The van der Waals surface area contributed by atoms with Crippen molar-refractivity contribution in [3.63, 3.8) is 0 Å². The van der Waals surface area contributed by atoms with E-state index in [4.69, 9.17) is 4.42 Å². The van der Waals surface area contributed by atoms with Crippen LogP contribution in [0.4, 0.5) is 10.5 Å². The van der Waals surface area contributed by atoms with Gasteiger partial charge in [0.25, 0.3) is 11.1 Å². The van der Waals surface area contributed by atoms with Crippen molar-refractivity contribution in [2.75, 3.05) is 12.4 Å². The van der Waals surface area contributed by atoms with Gasteiger partial charge < -0.3 is 9.73 Å². The maximum Gasteiger partial charge on any atom is 0.291 e. The predicted molar refractivity (Wildman–Crippen MR) is 110 cm³/mol. The minimum Gasteiger partial charge on any atom is -0.451 e. The van der Waals surface area contributed by atoms with Crippen LogP contribution in [-0.4, -0.2) is 34.3 Å². The summed E-state index contributed by atoms with van der Waals surface area (Å²) in [7, 11) is 1.47. The van der Waals surface area contributed by atoms with Gasteiger partial charge in [-0.1, -0.05) is 36.0 Å². The van der Waals surface area contributed by atoms with E-state index < -0.39 is 11.2 Å². The minimum absolute atomic E-state index is 0.0766. The number of carbonyl (C=O) groups excluding carboxylic acids is 3. The third-order valence-electron chi connectivity index (χ3n) is 4.61. The van der Waals surface area contributed by atoms with E-state index in [1.165, 1.54) is 13.1 Å². The van der Waals surface area contributed by atoms with Crippen molar-refractivity contribution < 1.29 is 18.8 Å². The van der Waals surface area contributed by atoms with Gasteiger partial charge in [-0.2, -0.15) is 0 Å². The first-order valence-electron chi connectivity index (χ1n) is 8.84. The zero-order chi connectivity index (χ0) is 20.5. The summed E-state index contributed by atoms with van der Waals surface area (Å²) in [5, 5.41) is 2.42. The quantitative estimate of drug-likeness (QED) is 0.712. The van der Waals surface area contributed by atoms with Crippen molar-refractivity contribution in [1.82, 2.24) is 4.90 Å². The monoisotopic (exact) mass is 408 g/mol. The number of carbonyl (C=O) groups is 3. The molecule has 146 valence electrons. The summed E-state index contributed by atoms with van der Waals surface area (Å²) in [4.78, 5) is 49.3. The molecule has 1 aliphatic rings. The lowest BCUT2D eigenvalue weighted by Crippen LogP contribution is -2.28. The minimum atomic E-state index is -0.533. The van der Waals surface area contributed by atoms with Gasteiger partial charge in [-0.15, -0.1) is 0 Å². The zero-order valence-corrected chi connectivity index (χ0v) is 16.2. The number of rotatable bonds is 4. The molecule has 4 rings (SSSR count). The van der Waals surface area contributed by atoms with Crippen LogP contribution in [0.15, 0.2) is 63.8 Å². The molecule has 1 N–H and O–H groups in total. The molecule has 3 aromatic rings. The van der Waals surface area contributed by atoms with Crippen LogP contribution in [0.25, 0.3) is 11.0 Å². The fourth-order valence-corrected chi connectivity index (χ4v) is 4.06. The van der Waals surface area contributed by atoms with E-state index in [0.29, 0.717) is 23.1 Å². The van der Waals surface area contributed by atoms with Gasteiger partial charge in [-0.3, -0.25) is 24.1 Å². The molecule has 2 aromatic carbocycles. The summed E-state index contributed by atoms with van der Waals surface area (Å²) in [6.07, 6.45) is 0.424. The fourth-order valence-electron chi connectivity index (χ4n) is 3.03. The molecular formula is C21H16N2O5S. The molecule has 29 heavy (non-hydrogen) atoms. The molecular weight excluding hydrogens is 392 g/mol. The molecule has 1 aliphatic heterocycles. The van der Waals surface area contributed by atoms with Crippen LogP contribution < -0.4 is 10.7 Å².